The number of nitrogens with zero attached hydrogens (tertiary/aromatic N) is 3. The molecule has 0 saturated carbocycles. The lowest BCUT2D eigenvalue weighted by Gasteiger charge is -2.21. The predicted octanol–water partition coefficient (Wildman–Crippen LogP) is 3.41. The molecule has 0 radical (unpaired) electrons. The molecule has 2 N–H and O–H groups in total. The van der Waals surface area contributed by atoms with E-state index in [1.165, 1.54) is 31.2 Å². The van der Waals surface area contributed by atoms with E-state index in [1.807, 2.05) is 6.07 Å². The van der Waals surface area contributed by atoms with E-state index in [-0.39, 0.29) is 0 Å². The first kappa shape index (κ1) is 13.9. The lowest BCUT2D eigenvalue weighted by molar-refractivity contribution is 0.726. The number of nitrogens with two attached hydrogens (primary N) is 1. The molecule has 4 heteroatoms. The second kappa shape index (κ2) is 6.12. The molecule has 1 aliphatic rings. The van der Waals surface area contributed by atoms with Crippen molar-refractivity contribution in [2.45, 2.75) is 32.6 Å². The first-order chi connectivity index (χ1) is 10.2. The molecule has 110 valence electrons. The molecule has 0 spiro atoms. The highest BCUT2D eigenvalue weighted by Gasteiger charge is 2.14. The zero-order chi connectivity index (χ0) is 14.7. The number of anilines is 2. The Hall–Kier alpha value is -2.10. The van der Waals surface area contributed by atoms with Crippen LogP contribution in [-0.2, 0) is 0 Å². The summed E-state index contributed by atoms with van der Waals surface area (Å²) in [5.41, 5.74) is 9.23. The third kappa shape index (κ3) is 3.32. The lowest BCUT2D eigenvalue weighted by Crippen LogP contribution is -2.26. The number of benzene rings is 1. The summed E-state index contributed by atoms with van der Waals surface area (Å²) < 4.78 is 0. The van der Waals surface area contributed by atoms with Gasteiger partial charge in [-0.1, -0.05) is 42.7 Å². The summed E-state index contributed by atoms with van der Waals surface area (Å²) in [5.74, 6) is 1.31. The van der Waals surface area contributed by atoms with Crippen molar-refractivity contribution in [2.75, 3.05) is 23.7 Å². The van der Waals surface area contributed by atoms with Gasteiger partial charge in [-0.2, -0.15) is 4.98 Å². The van der Waals surface area contributed by atoms with Gasteiger partial charge in [-0.05, 0) is 19.8 Å². The van der Waals surface area contributed by atoms with Crippen LogP contribution in [0.15, 0.2) is 30.3 Å². The number of aromatic nitrogens is 2. The Morgan fingerprint density at radius 3 is 2.29 bits per heavy atom. The predicted molar refractivity (Wildman–Crippen MR) is 87.3 cm³/mol. The van der Waals surface area contributed by atoms with Crippen molar-refractivity contribution in [2.24, 2.45) is 0 Å². The van der Waals surface area contributed by atoms with Gasteiger partial charge in [0.25, 0.3) is 0 Å². The molecule has 2 aromatic rings. The maximum absolute atomic E-state index is 5.99. The summed E-state index contributed by atoms with van der Waals surface area (Å²) >= 11 is 0. The number of nitrogen functional groups attached to an aromatic ring is 1. The third-order valence-corrected chi connectivity index (χ3v) is 3.97. The molecule has 21 heavy (non-hydrogen) atoms. The van der Waals surface area contributed by atoms with Gasteiger partial charge in [0, 0.05) is 24.7 Å². The van der Waals surface area contributed by atoms with Gasteiger partial charge in [0.2, 0.25) is 5.95 Å². The molecule has 1 fully saturated rings. The SMILES string of the molecule is Cc1ccc(-c2cc(N)nc(N3CCCCCC3)n2)cc1. The molecule has 4 nitrogen and oxygen atoms in total. The van der Waals surface area contributed by atoms with Gasteiger partial charge in [-0.3, -0.25) is 0 Å². The normalized spacial score (nSPS) is 15.8. The van der Waals surface area contributed by atoms with Crippen molar-refractivity contribution in [1.82, 2.24) is 9.97 Å². The van der Waals surface area contributed by atoms with Crippen LogP contribution in [0.5, 0.6) is 0 Å². The van der Waals surface area contributed by atoms with E-state index in [1.54, 1.807) is 0 Å². The van der Waals surface area contributed by atoms with E-state index in [0.717, 1.165) is 30.3 Å². The molecular formula is C17H22N4. The molecule has 0 aliphatic carbocycles. The molecule has 1 saturated heterocycles. The van der Waals surface area contributed by atoms with Gasteiger partial charge in [-0.25, -0.2) is 4.98 Å². The molecule has 1 aromatic heterocycles. The highest BCUT2D eigenvalue weighted by atomic mass is 15.3. The van der Waals surface area contributed by atoms with E-state index in [4.69, 9.17) is 10.7 Å². The summed E-state index contributed by atoms with van der Waals surface area (Å²) in [6.45, 7) is 4.13. The molecule has 0 amide bonds. The number of rotatable bonds is 2. The van der Waals surface area contributed by atoms with Crippen molar-refractivity contribution < 1.29 is 0 Å². The van der Waals surface area contributed by atoms with Crippen molar-refractivity contribution in [3.05, 3.63) is 35.9 Å². The Labute approximate surface area is 126 Å². The minimum absolute atomic E-state index is 0.542. The monoisotopic (exact) mass is 282 g/mol. The fraction of sp³-hybridized carbons (Fsp3) is 0.412. The van der Waals surface area contributed by atoms with Crippen LogP contribution in [0.2, 0.25) is 0 Å². The topological polar surface area (TPSA) is 55.0 Å². The molecule has 0 bridgehead atoms. The fourth-order valence-corrected chi connectivity index (χ4v) is 2.74. The molecule has 0 unspecified atom stereocenters. The van der Waals surface area contributed by atoms with Crippen molar-refractivity contribution in [3.8, 4) is 11.3 Å². The summed E-state index contributed by atoms with van der Waals surface area (Å²) in [6.07, 6.45) is 5.00. The molecule has 1 aliphatic heterocycles. The van der Waals surface area contributed by atoms with Crippen LogP contribution in [0.1, 0.15) is 31.2 Å². The number of aryl methyl sites for hydroxylation is 1. The fourth-order valence-electron chi connectivity index (χ4n) is 2.74. The highest BCUT2D eigenvalue weighted by molar-refractivity contribution is 5.64. The van der Waals surface area contributed by atoms with Gasteiger partial charge >= 0.3 is 0 Å². The van der Waals surface area contributed by atoms with Crippen LogP contribution < -0.4 is 10.6 Å². The van der Waals surface area contributed by atoms with Gasteiger partial charge in [0.15, 0.2) is 0 Å². The quantitative estimate of drug-likeness (QED) is 0.917. The van der Waals surface area contributed by atoms with E-state index in [0.29, 0.717) is 5.82 Å². The third-order valence-electron chi connectivity index (χ3n) is 3.97. The summed E-state index contributed by atoms with van der Waals surface area (Å²) in [4.78, 5) is 11.4. The number of hydrogen-bond acceptors (Lipinski definition) is 4. The van der Waals surface area contributed by atoms with Crippen LogP contribution in [-0.4, -0.2) is 23.1 Å². The van der Waals surface area contributed by atoms with Crippen LogP contribution in [0.25, 0.3) is 11.3 Å². The summed E-state index contributed by atoms with van der Waals surface area (Å²) in [5, 5.41) is 0. The second-order valence-electron chi connectivity index (χ2n) is 5.75. The zero-order valence-electron chi connectivity index (χ0n) is 12.5. The van der Waals surface area contributed by atoms with Crippen molar-refractivity contribution in [1.29, 1.82) is 0 Å². The average molecular weight is 282 g/mol. The average Bonchev–Trinajstić information content (AvgIpc) is 2.76. The van der Waals surface area contributed by atoms with Crippen molar-refractivity contribution >= 4 is 11.8 Å². The largest absolute Gasteiger partial charge is 0.384 e. The minimum Gasteiger partial charge on any atom is -0.384 e. The first-order valence-electron chi connectivity index (χ1n) is 7.69. The van der Waals surface area contributed by atoms with E-state index in [9.17, 15) is 0 Å². The Balaban J connectivity index is 1.93. The maximum atomic E-state index is 5.99. The minimum atomic E-state index is 0.542. The maximum Gasteiger partial charge on any atom is 0.227 e. The van der Waals surface area contributed by atoms with Gasteiger partial charge in [0.1, 0.15) is 5.82 Å². The number of hydrogen-bond donors (Lipinski definition) is 1. The second-order valence-corrected chi connectivity index (χ2v) is 5.75. The van der Waals surface area contributed by atoms with E-state index in [2.05, 4.69) is 41.1 Å². The smallest absolute Gasteiger partial charge is 0.227 e. The Bertz CT molecular complexity index is 599. The Morgan fingerprint density at radius 2 is 1.62 bits per heavy atom. The summed E-state index contributed by atoms with van der Waals surface area (Å²) in [7, 11) is 0. The van der Waals surface area contributed by atoms with E-state index < -0.39 is 0 Å². The molecular weight excluding hydrogens is 260 g/mol. The van der Waals surface area contributed by atoms with E-state index >= 15 is 0 Å². The van der Waals surface area contributed by atoms with Crippen LogP contribution >= 0.6 is 0 Å². The first-order valence-corrected chi connectivity index (χ1v) is 7.69. The molecule has 0 atom stereocenters. The standard InChI is InChI=1S/C17H22N4/c1-13-6-8-14(9-7-13)15-12-16(18)20-17(19-15)21-10-4-2-3-5-11-21/h6-9,12H,2-5,10-11H2,1H3,(H2,18,19,20). The molecule has 2 heterocycles. The molecule has 1 aromatic carbocycles. The van der Waals surface area contributed by atoms with Gasteiger partial charge in [0.05, 0.1) is 5.69 Å². The zero-order valence-corrected chi connectivity index (χ0v) is 12.5. The van der Waals surface area contributed by atoms with Gasteiger partial charge in [-0.15, -0.1) is 0 Å². The van der Waals surface area contributed by atoms with Crippen LogP contribution in [0, 0.1) is 6.92 Å². The van der Waals surface area contributed by atoms with Gasteiger partial charge < -0.3 is 10.6 Å². The van der Waals surface area contributed by atoms with Crippen LogP contribution in [0.4, 0.5) is 11.8 Å². The van der Waals surface area contributed by atoms with Crippen molar-refractivity contribution in [3.63, 3.8) is 0 Å². The highest BCUT2D eigenvalue weighted by Crippen LogP contribution is 2.23. The lowest BCUT2D eigenvalue weighted by atomic mass is 10.1. The molecule has 3 rings (SSSR count). The summed E-state index contributed by atoms with van der Waals surface area (Å²) in [6, 6.07) is 10.2. The Kier molecular flexibility index (Phi) is 4.04. The Morgan fingerprint density at radius 1 is 0.952 bits per heavy atom. The van der Waals surface area contributed by atoms with Crippen LogP contribution in [0.3, 0.4) is 0 Å².